The smallest absolute Gasteiger partial charge is 0.435 e. The first-order valence-corrected chi connectivity index (χ1v) is 19.6. The minimum Gasteiger partial charge on any atom is -0.472 e. The first-order chi connectivity index (χ1) is 29.0. The fourth-order valence-electron chi connectivity index (χ4n) is 7.61. The lowest BCUT2D eigenvalue weighted by Crippen LogP contribution is -2.58. The summed E-state index contributed by atoms with van der Waals surface area (Å²) < 4.78 is 71.1. The predicted octanol–water partition coefficient (Wildman–Crippen LogP) is 5.99. The SMILES string of the molecule is COc1nc(-c2cc(C(F)(F)F)nn2CC(C)(C)NC(=O)[C@@H](Cc2cnn(C)c2)N2CCc3c(-c4ccc(-c5cnc6nn(C)cc6c5)cc4C#N)ccc(F)c3C2=O)ns1. The van der Waals surface area contributed by atoms with Gasteiger partial charge < -0.3 is 15.0 Å². The van der Waals surface area contributed by atoms with E-state index in [1.54, 1.807) is 69.4 Å². The van der Waals surface area contributed by atoms with Crippen LogP contribution in [0.15, 0.2) is 67.3 Å². The number of nitrogens with zero attached hydrogens (tertiary/aromatic N) is 11. The van der Waals surface area contributed by atoms with Gasteiger partial charge in [0.25, 0.3) is 11.1 Å². The number of methoxy groups -OCH3 is 1. The summed E-state index contributed by atoms with van der Waals surface area (Å²) in [6.45, 7) is 2.96. The number of carbonyl (C=O) groups excluding carboxylic acids is 2. The molecule has 1 atom stereocenters. The number of rotatable bonds is 11. The van der Waals surface area contributed by atoms with E-state index in [1.807, 2.05) is 18.3 Å². The maximum atomic E-state index is 15.9. The number of nitriles is 1. The molecule has 15 nitrogen and oxygen atoms in total. The standard InChI is InChI=1S/C41H36F4N12O3S/c1-40(2,21-57-31(15-33(51-57)41(43,44)45)36-49-39(60-5)61-53-36)50-37(58)32(12-22-17-48-54(3)19-22)56-11-10-29-28(8-9-30(42)34(29)38(56)59)27-7-6-23(13-24(27)16-46)25-14-26-20-55(4)52-35(26)47-18-25/h6-9,13-15,17-20,32H,10-12,21H2,1-5H3,(H,50,58)/t32-/m1/s1. The van der Waals surface area contributed by atoms with Crippen LogP contribution < -0.4 is 10.1 Å². The van der Waals surface area contributed by atoms with Crippen molar-refractivity contribution in [3.8, 4) is 45.0 Å². The molecule has 0 radical (unpaired) electrons. The average Bonchev–Trinajstić information content (AvgIpc) is 4.03. The molecule has 1 aliphatic heterocycles. The summed E-state index contributed by atoms with van der Waals surface area (Å²) in [7, 11) is 4.85. The van der Waals surface area contributed by atoms with E-state index in [0.717, 1.165) is 38.8 Å². The summed E-state index contributed by atoms with van der Waals surface area (Å²) in [6, 6.07) is 11.8. The molecule has 2 aromatic carbocycles. The highest BCUT2D eigenvalue weighted by molar-refractivity contribution is 7.07. The molecule has 20 heteroatoms. The number of ether oxygens (including phenoxy) is 1. The number of nitrogens with one attached hydrogen (secondary N) is 1. The normalized spacial score (nSPS) is 13.6. The van der Waals surface area contributed by atoms with E-state index in [4.69, 9.17) is 4.74 Å². The molecular weight excluding hydrogens is 817 g/mol. The number of halogens is 4. The third kappa shape index (κ3) is 8.03. The van der Waals surface area contributed by atoms with Crippen molar-refractivity contribution in [3.63, 3.8) is 0 Å². The molecule has 0 saturated heterocycles. The molecule has 1 aliphatic rings. The number of fused-ring (bicyclic) bond motifs is 2. The number of benzene rings is 2. The van der Waals surface area contributed by atoms with Crippen LogP contribution in [0, 0.1) is 17.1 Å². The maximum Gasteiger partial charge on any atom is 0.435 e. The van der Waals surface area contributed by atoms with Crippen LogP contribution >= 0.6 is 11.5 Å². The third-order valence-electron chi connectivity index (χ3n) is 10.3. The van der Waals surface area contributed by atoms with Crippen LogP contribution in [0.5, 0.6) is 5.19 Å². The monoisotopic (exact) mass is 852 g/mol. The summed E-state index contributed by atoms with van der Waals surface area (Å²) in [5, 5.41) is 26.5. The van der Waals surface area contributed by atoms with Gasteiger partial charge in [0.1, 0.15) is 17.6 Å². The number of amides is 2. The Morgan fingerprint density at radius 3 is 2.52 bits per heavy atom. The first-order valence-electron chi connectivity index (χ1n) is 18.8. The van der Waals surface area contributed by atoms with E-state index in [-0.39, 0.29) is 48.2 Å². The highest BCUT2D eigenvalue weighted by Gasteiger charge is 2.40. The van der Waals surface area contributed by atoms with Crippen molar-refractivity contribution in [1.29, 1.82) is 5.26 Å². The Morgan fingerprint density at radius 2 is 1.82 bits per heavy atom. The van der Waals surface area contributed by atoms with Gasteiger partial charge in [0.05, 0.1) is 42.6 Å². The average molecular weight is 853 g/mol. The van der Waals surface area contributed by atoms with E-state index in [0.29, 0.717) is 33.5 Å². The number of aryl methyl sites for hydroxylation is 2. The fraction of sp³-hybridized carbons (Fsp3) is 0.293. The Balaban J connectivity index is 1.10. The van der Waals surface area contributed by atoms with Gasteiger partial charge in [0.15, 0.2) is 17.2 Å². The fourth-order valence-corrected chi connectivity index (χ4v) is 8.11. The topological polar surface area (TPSA) is 175 Å². The van der Waals surface area contributed by atoms with Crippen molar-refractivity contribution in [2.45, 2.75) is 51.0 Å². The molecule has 2 amide bonds. The molecule has 0 bridgehead atoms. The molecule has 0 spiro atoms. The van der Waals surface area contributed by atoms with E-state index < -0.39 is 41.1 Å². The quantitative estimate of drug-likeness (QED) is 0.152. The Bertz CT molecular complexity index is 2890. The van der Waals surface area contributed by atoms with Gasteiger partial charge in [-0.1, -0.05) is 18.2 Å². The lowest BCUT2D eigenvalue weighted by molar-refractivity contribution is -0.141. The van der Waals surface area contributed by atoms with Crippen molar-refractivity contribution < 1.29 is 31.9 Å². The zero-order chi connectivity index (χ0) is 43.4. The van der Waals surface area contributed by atoms with E-state index in [1.165, 1.54) is 22.8 Å². The molecule has 61 heavy (non-hydrogen) atoms. The highest BCUT2D eigenvalue weighted by Crippen LogP contribution is 2.37. The largest absolute Gasteiger partial charge is 0.472 e. The van der Waals surface area contributed by atoms with Crippen molar-refractivity contribution in [2.75, 3.05) is 13.7 Å². The Hall–Kier alpha value is -7.01. The lowest BCUT2D eigenvalue weighted by Gasteiger charge is -2.37. The Morgan fingerprint density at radius 1 is 1.03 bits per heavy atom. The van der Waals surface area contributed by atoms with E-state index >= 15 is 4.39 Å². The van der Waals surface area contributed by atoms with Gasteiger partial charge >= 0.3 is 6.18 Å². The highest BCUT2D eigenvalue weighted by atomic mass is 32.1. The van der Waals surface area contributed by atoms with Gasteiger partial charge in [-0.15, -0.1) is 0 Å². The summed E-state index contributed by atoms with van der Waals surface area (Å²) >= 11 is 0.854. The minimum atomic E-state index is -4.78. The molecule has 7 aromatic rings. The van der Waals surface area contributed by atoms with Gasteiger partial charge in [-0.2, -0.15) is 43.1 Å². The van der Waals surface area contributed by atoms with E-state index in [9.17, 15) is 28.0 Å². The molecule has 0 fully saturated rings. The zero-order valence-electron chi connectivity index (χ0n) is 33.3. The van der Waals surface area contributed by atoms with Crippen LogP contribution in [0.2, 0.25) is 0 Å². The first kappa shape index (κ1) is 40.8. The predicted molar refractivity (Wildman–Crippen MR) is 214 cm³/mol. The zero-order valence-corrected chi connectivity index (χ0v) is 34.1. The Labute approximate surface area is 349 Å². The third-order valence-corrected chi connectivity index (χ3v) is 11.0. The molecular formula is C41H36F4N12O3S. The second-order valence-electron chi connectivity index (χ2n) is 15.3. The molecule has 0 aliphatic carbocycles. The number of hydrogen-bond donors (Lipinski definition) is 1. The number of pyridine rings is 1. The number of hydrogen-bond acceptors (Lipinski definition) is 11. The lowest BCUT2D eigenvalue weighted by atomic mass is 9.86. The van der Waals surface area contributed by atoms with E-state index in [2.05, 4.69) is 41.0 Å². The van der Waals surface area contributed by atoms with Crippen LogP contribution in [-0.4, -0.2) is 85.6 Å². The number of carbonyl (C=O) groups is 2. The van der Waals surface area contributed by atoms with Crippen LogP contribution in [0.25, 0.3) is 44.8 Å². The molecule has 1 N–H and O–H groups in total. The molecule has 6 heterocycles. The van der Waals surface area contributed by atoms with Crippen molar-refractivity contribution in [3.05, 3.63) is 101 Å². The molecule has 0 unspecified atom stereocenters. The summed E-state index contributed by atoms with van der Waals surface area (Å²) in [4.78, 5) is 38.8. The van der Waals surface area contributed by atoms with Gasteiger partial charge in [0.2, 0.25) is 5.91 Å². The number of aromatic nitrogens is 9. The van der Waals surface area contributed by atoms with Crippen LogP contribution in [0.4, 0.5) is 17.6 Å². The number of alkyl halides is 3. The van der Waals surface area contributed by atoms with Crippen molar-refractivity contribution in [2.24, 2.45) is 14.1 Å². The van der Waals surface area contributed by atoms with Gasteiger partial charge in [-0.05, 0) is 72.4 Å². The summed E-state index contributed by atoms with van der Waals surface area (Å²) in [5.74, 6) is -2.21. The summed E-state index contributed by atoms with van der Waals surface area (Å²) in [5.41, 5.74) is 1.68. The van der Waals surface area contributed by atoms with Gasteiger partial charge in [-0.3, -0.25) is 23.6 Å². The maximum absolute atomic E-state index is 15.9. The van der Waals surface area contributed by atoms with Crippen molar-refractivity contribution >= 4 is 34.4 Å². The van der Waals surface area contributed by atoms with Crippen LogP contribution in [0.1, 0.15) is 46.6 Å². The van der Waals surface area contributed by atoms with Crippen LogP contribution in [0.3, 0.4) is 0 Å². The second-order valence-corrected chi connectivity index (χ2v) is 16.0. The van der Waals surface area contributed by atoms with Crippen LogP contribution in [-0.2, 0) is 44.5 Å². The van der Waals surface area contributed by atoms with Gasteiger partial charge in [-0.25, -0.2) is 9.37 Å². The minimum absolute atomic E-state index is 0.00735. The molecule has 5 aromatic heterocycles. The second kappa shape index (κ2) is 15.5. The van der Waals surface area contributed by atoms with Gasteiger partial charge in [0, 0.05) is 68.1 Å². The Kier molecular flexibility index (Phi) is 10.4. The molecule has 312 valence electrons. The summed E-state index contributed by atoms with van der Waals surface area (Å²) in [6.07, 6.45) is 2.11. The molecule has 0 saturated carbocycles. The molecule has 8 rings (SSSR count). The van der Waals surface area contributed by atoms with Crippen molar-refractivity contribution in [1.82, 2.24) is 53.9 Å².